The molecular weight excluding hydrogens is 412 g/mol. The van der Waals surface area contributed by atoms with E-state index < -0.39 is 21.8 Å². The van der Waals surface area contributed by atoms with Crippen LogP contribution >= 0.6 is 0 Å². The summed E-state index contributed by atoms with van der Waals surface area (Å²) >= 11 is 0. The molecule has 1 aromatic heterocycles. The lowest BCUT2D eigenvalue weighted by atomic mass is 10.1. The number of hydrogen-bond donors (Lipinski definition) is 3. The zero-order valence-corrected chi connectivity index (χ0v) is 16.4. The van der Waals surface area contributed by atoms with E-state index >= 15 is 0 Å². The third-order valence-electron chi connectivity index (χ3n) is 4.35. The van der Waals surface area contributed by atoms with Gasteiger partial charge in [-0.2, -0.15) is 0 Å². The van der Waals surface area contributed by atoms with Gasteiger partial charge in [-0.05, 0) is 36.4 Å². The van der Waals surface area contributed by atoms with Gasteiger partial charge in [0, 0.05) is 23.4 Å². The predicted octanol–water partition coefficient (Wildman–Crippen LogP) is 2.11. The van der Waals surface area contributed by atoms with E-state index in [2.05, 4.69) is 15.6 Å². The topological polar surface area (TPSA) is 150 Å². The Kier molecular flexibility index (Phi) is 4.66. The molecule has 0 unspecified atom stereocenters. The van der Waals surface area contributed by atoms with E-state index in [0.29, 0.717) is 28.1 Å². The molecule has 0 saturated heterocycles. The maximum Gasteiger partial charge on any atom is 0.324 e. The molecule has 2 heterocycles. The monoisotopic (exact) mass is 428 g/mol. The number of carbonyl (C=O) groups excluding carboxylic acids is 2. The second kappa shape index (κ2) is 7.19. The van der Waals surface area contributed by atoms with Crippen LogP contribution in [0.25, 0.3) is 10.9 Å². The quantitative estimate of drug-likeness (QED) is 0.576. The van der Waals surface area contributed by atoms with Gasteiger partial charge in [0.15, 0.2) is 21.3 Å². The molecule has 0 bridgehead atoms. The fourth-order valence-electron chi connectivity index (χ4n) is 2.90. The van der Waals surface area contributed by atoms with Crippen LogP contribution in [-0.2, 0) is 9.84 Å². The van der Waals surface area contributed by atoms with Crippen molar-refractivity contribution in [3.63, 3.8) is 0 Å². The fraction of sp³-hybridized carbons (Fsp3) is 0.105. The molecule has 3 amide bonds. The Bertz CT molecular complexity index is 1290. The van der Waals surface area contributed by atoms with E-state index in [1.165, 1.54) is 30.3 Å². The molecule has 0 saturated carbocycles. The van der Waals surface area contributed by atoms with E-state index in [1.54, 1.807) is 12.1 Å². The van der Waals surface area contributed by atoms with E-state index in [4.69, 9.17) is 15.2 Å². The molecule has 4 N–H and O–H groups in total. The Morgan fingerprint density at radius 3 is 2.33 bits per heavy atom. The highest BCUT2D eigenvalue weighted by Gasteiger charge is 2.19. The highest BCUT2D eigenvalue weighted by atomic mass is 32.2. The Labute approximate surface area is 170 Å². The van der Waals surface area contributed by atoms with Crippen molar-refractivity contribution in [1.82, 2.24) is 4.98 Å². The van der Waals surface area contributed by atoms with Crippen molar-refractivity contribution < 1.29 is 27.5 Å². The van der Waals surface area contributed by atoms with E-state index in [0.717, 1.165) is 6.26 Å². The van der Waals surface area contributed by atoms with Gasteiger partial charge in [-0.15, -0.1) is 0 Å². The summed E-state index contributed by atoms with van der Waals surface area (Å²) in [6, 6.07) is 9.76. The summed E-state index contributed by atoms with van der Waals surface area (Å²) in [7, 11) is -3.35. The smallest absolute Gasteiger partial charge is 0.324 e. The van der Waals surface area contributed by atoms with Crippen LogP contribution in [0, 0.1) is 0 Å². The molecule has 1 aliphatic rings. The average molecular weight is 428 g/mol. The van der Waals surface area contributed by atoms with Crippen molar-refractivity contribution in [2.24, 2.45) is 5.73 Å². The number of aromatic nitrogens is 1. The van der Waals surface area contributed by atoms with Crippen LogP contribution < -0.4 is 25.8 Å². The molecule has 11 heteroatoms. The number of nitrogens with one attached hydrogen (secondary N) is 2. The SMILES string of the molecule is CS(=O)(=O)c1ccc(NC(=O)Nc2nc3cc4c(cc3cc2C(N)=O)OCO4)cc1. The number of nitrogens with two attached hydrogens (primary N) is 1. The average Bonchev–Trinajstić information content (AvgIpc) is 3.12. The van der Waals surface area contributed by atoms with Gasteiger partial charge < -0.3 is 20.5 Å². The van der Waals surface area contributed by atoms with Crippen LogP contribution in [0.1, 0.15) is 10.4 Å². The van der Waals surface area contributed by atoms with Crippen LogP contribution in [0.5, 0.6) is 11.5 Å². The predicted molar refractivity (Wildman–Crippen MR) is 109 cm³/mol. The Morgan fingerprint density at radius 1 is 1.03 bits per heavy atom. The number of nitrogens with zero attached hydrogens (tertiary/aromatic N) is 1. The minimum absolute atomic E-state index is 0.0175. The van der Waals surface area contributed by atoms with Gasteiger partial charge in [0.05, 0.1) is 16.0 Å². The lowest BCUT2D eigenvalue weighted by Crippen LogP contribution is -2.23. The third-order valence-corrected chi connectivity index (χ3v) is 5.48. The summed E-state index contributed by atoms with van der Waals surface area (Å²) in [5.41, 5.74) is 6.28. The first-order valence-electron chi connectivity index (χ1n) is 8.63. The number of pyridine rings is 1. The fourth-order valence-corrected chi connectivity index (χ4v) is 3.53. The summed E-state index contributed by atoms with van der Waals surface area (Å²) in [4.78, 5) is 28.7. The van der Waals surface area contributed by atoms with Crippen LogP contribution in [0.3, 0.4) is 0 Å². The van der Waals surface area contributed by atoms with Gasteiger partial charge in [-0.3, -0.25) is 10.1 Å². The number of amides is 3. The number of sulfone groups is 1. The maximum atomic E-state index is 12.4. The van der Waals surface area contributed by atoms with Crippen LogP contribution in [0.4, 0.5) is 16.3 Å². The second-order valence-electron chi connectivity index (χ2n) is 6.52. The van der Waals surface area contributed by atoms with E-state index in [1.807, 2.05) is 0 Å². The van der Waals surface area contributed by atoms with Crippen LogP contribution in [0.15, 0.2) is 47.4 Å². The standard InChI is InChI=1S/C19H16N4O6S/c1-30(26,27)12-4-2-11(3-5-12)21-19(25)23-18-13(17(20)24)6-10-7-15-16(29-9-28-15)8-14(10)22-18/h2-8H,9H2,1H3,(H2,20,24)(H2,21,22,23,25). The summed E-state index contributed by atoms with van der Waals surface area (Å²) < 4.78 is 33.7. The Morgan fingerprint density at radius 2 is 1.70 bits per heavy atom. The lowest BCUT2D eigenvalue weighted by molar-refractivity contribution is 0.100. The molecule has 0 atom stereocenters. The van der Waals surface area contributed by atoms with Crippen LogP contribution in [-0.4, -0.2) is 38.4 Å². The zero-order valence-electron chi connectivity index (χ0n) is 15.6. The van der Waals surface area contributed by atoms with Crippen LogP contribution in [0.2, 0.25) is 0 Å². The third kappa shape index (κ3) is 3.82. The van der Waals surface area contributed by atoms with Gasteiger partial charge in [-0.25, -0.2) is 18.2 Å². The Balaban J connectivity index is 1.60. The maximum absolute atomic E-state index is 12.4. The van der Waals surface area contributed by atoms with E-state index in [9.17, 15) is 18.0 Å². The number of primary amides is 1. The van der Waals surface area contributed by atoms with Crippen molar-refractivity contribution >= 4 is 44.2 Å². The molecule has 10 nitrogen and oxygen atoms in total. The van der Waals surface area contributed by atoms with Gasteiger partial charge in [-0.1, -0.05) is 0 Å². The molecule has 4 rings (SSSR count). The molecule has 0 radical (unpaired) electrons. The lowest BCUT2D eigenvalue weighted by Gasteiger charge is -2.11. The minimum Gasteiger partial charge on any atom is -0.454 e. The number of ether oxygens (including phenoxy) is 2. The number of anilines is 2. The molecule has 1 aliphatic heterocycles. The normalized spacial score (nSPS) is 12.6. The second-order valence-corrected chi connectivity index (χ2v) is 8.54. The first-order chi connectivity index (χ1) is 14.2. The van der Waals surface area contributed by atoms with Gasteiger partial charge in [0.1, 0.15) is 5.82 Å². The molecular formula is C19H16N4O6S. The van der Waals surface area contributed by atoms with Crippen molar-refractivity contribution in [2.45, 2.75) is 4.90 Å². The van der Waals surface area contributed by atoms with Gasteiger partial charge >= 0.3 is 6.03 Å². The summed E-state index contributed by atoms with van der Waals surface area (Å²) in [6.45, 7) is 0.0833. The molecule has 0 fully saturated rings. The summed E-state index contributed by atoms with van der Waals surface area (Å²) in [5.74, 6) is 0.230. The van der Waals surface area contributed by atoms with E-state index in [-0.39, 0.29) is 23.1 Å². The highest BCUT2D eigenvalue weighted by molar-refractivity contribution is 7.90. The molecule has 0 aliphatic carbocycles. The molecule has 30 heavy (non-hydrogen) atoms. The first-order valence-corrected chi connectivity index (χ1v) is 10.5. The van der Waals surface area contributed by atoms with Crippen molar-refractivity contribution in [3.8, 4) is 11.5 Å². The number of hydrogen-bond acceptors (Lipinski definition) is 7. The largest absolute Gasteiger partial charge is 0.454 e. The van der Waals surface area contributed by atoms with Gasteiger partial charge in [0.25, 0.3) is 5.91 Å². The minimum atomic E-state index is -3.35. The Hall–Kier alpha value is -3.86. The number of carbonyl (C=O) groups is 2. The molecule has 2 aromatic carbocycles. The molecule has 154 valence electrons. The summed E-state index contributed by atoms with van der Waals surface area (Å²) in [6.07, 6.45) is 1.09. The number of rotatable bonds is 4. The zero-order chi connectivity index (χ0) is 21.5. The van der Waals surface area contributed by atoms with Crippen molar-refractivity contribution in [2.75, 3.05) is 23.7 Å². The number of benzene rings is 2. The highest BCUT2D eigenvalue weighted by Crippen LogP contribution is 2.36. The number of fused-ring (bicyclic) bond motifs is 2. The molecule has 0 spiro atoms. The summed E-state index contributed by atoms with van der Waals surface area (Å²) in [5, 5.41) is 5.63. The van der Waals surface area contributed by atoms with Crippen molar-refractivity contribution in [1.29, 1.82) is 0 Å². The van der Waals surface area contributed by atoms with Gasteiger partial charge in [0.2, 0.25) is 6.79 Å². The first kappa shape index (κ1) is 19.5. The van der Waals surface area contributed by atoms with Crippen molar-refractivity contribution in [3.05, 3.63) is 48.0 Å². The number of urea groups is 1. The molecule has 3 aromatic rings.